The van der Waals surface area contributed by atoms with Gasteiger partial charge in [0, 0.05) is 17.6 Å². The minimum atomic E-state index is -0.337. The SMILES string of the molecule is Cc1cc(Cl)c2cc(F)cc(CN)c2n1. The van der Waals surface area contributed by atoms with Crippen LogP contribution in [0.2, 0.25) is 5.02 Å². The smallest absolute Gasteiger partial charge is 0.124 e. The average Bonchev–Trinajstić information content (AvgIpc) is 2.18. The molecule has 0 aliphatic heterocycles. The van der Waals surface area contributed by atoms with Gasteiger partial charge in [-0.3, -0.25) is 4.98 Å². The number of benzene rings is 1. The normalized spacial score (nSPS) is 10.9. The molecule has 0 saturated carbocycles. The highest BCUT2D eigenvalue weighted by Crippen LogP contribution is 2.26. The van der Waals surface area contributed by atoms with Gasteiger partial charge < -0.3 is 5.73 Å². The Kier molecular flexibility index (Phi) is 2.59. The maximum absolute atomic E-state index is 13.2. The van der Waals surface area contributed by atoms with Gasteiger partial charge in [-0.15, -0.1) is 0 Å². The van der Waals surface area contributed by atoms with Gasteiger partial charge in [-0.25, -0.2) is 4.39 Å². The van der Waals surface area contributed by atoms with Gasteiger partial charge in [0.25, 0.3) is 0 Å². The predicted octanol–water partition coefficient (Wildman–Crippen LogP) is 2.79. The maximum atomic E-state index is 13.2. The number of nitrogens with two attached hydrogens (primary N) is 1. The van der Waals surface area contributed by atoms with Crippen molar-refractivity contribution < 1.29 is 4.39 Å². The minimum Gasteiger partial charge on any atom is -0.326 e. The molecule has 0 fully saturated rings. The molecule has 2 N–H and O–H groups in total. The number of hydrogen-bond donors (Lipinski definition) is 1. The Balaban J connectivity index is 2.89. The fraction of sp³-hybridized carbons (Fsp3) is 0.182. The standard InChI is InChI=1S/C11H10ClFN2/c1-6-2-10(12)9-4-8(13)3-7(5-14)11(9)15-6/h2-4H,5,14H2,1H3. The summed E-state index contributed by atoms with van der Waals surface area (Å²) in [6.07, 6.45) is 0. The Labute approximate surface area is 91.9 Å². The Morgan fingerprint density at radius 3 is 2.80 bits per heavy atom. The third kappa shape index (κ3) is 1.80. The van der Waals surface area contributed by atoms with Crippen molar-refractivity contribution in [3.63, 3.8) is 0 Å². The van der Waals surface area contributed by atoms with E-state index in [9.17, 15) is 4.39 Å². The van der Waals surface area contributed by atoms with Gasteiger partial charge in [0.2, 0.25) is 0 Å². The highest BCUT2D eigenvalue weighted by Gasteiger charge is 2.08. The van der Waals surface area contributed by atoms with E-state index in [0.29, 0.717) is 21.5 Å². The van der Waals surface area contributed by atoms with Crippen molar-refractivity contribution in [3.8, 4) is 0 Å². The first-order valence-corrected chi connectivity index (χ1v) is 4.95. The first-order valence-electron chi connectivity index (χ1n) is 4.57. The first kappa shape index (κ1) is 10.3. The summed E-state index contributed by atoms with van der Waals surface area (Å²) in [4.78, 5) is 4.32. The van der Waals surface area contributed by atoms with E-state index in [1.165, 1.54) is 12.1 Å². The maximum Gasteiger partial charge on any atom is 0.124 e. The van der Waals surface area contributed by atoms with Crippen LogP contribution in [0.25, 0.3) is 10.9 Å². The molecule has 2 aromatic rings. The van der Waals surface area contributed by atoms with Crippen molar-refractivity contribution in [3.05, 3.63) is 40.3 Å². The second kappa shape index (κ2) is 3.76. The molecule has 4 heteroatoms. The van der Waals surface area contributed by atoms with Crippen LogP contribution in [0.1, 0.15) is 11.3 Å². The molecule has 78 valence electrons. The lowest BCUT2D eigenvalue weighted by Crippen LogP contribution is -2.00. The molecule has 0 spiro atoms. The quantitative estimate of drug-likeness (QED) is 0.809. The van der Waals surface area contributed by atoms with E-state index in [1.807, 2.05) is 6.92 Å². The van der Waals surface area contributed by atoms with Crippen LogP contribution in [0, 0.1) is 12.7 Å². The second-order valence-corrected chi connectivity index (χ2v) is 3.82. The van der Waals surface area contributed by atoms with E-state index in [4.69, 9.17) is 17.3 Å². The second-order valence-electron chi connectivity index (χ2n) is 3.41. The van der Waals surface area contributed by atoms with E-state index in [-0.39, 0.29) is 12.4 Å². The molecule has 0 amide bonds. The molecule has 2 nitrogen and oxygen atoms in total. The van der Waals surface area contributed by atoms with Gasteiger partial charge in [-0.2, -0.15) is 0 Å². The number of hydrogen-bond acceptors (Lipinski definition) is 2. The number of aryl methyl sites for hydroxylation is 1. The number of aromatic nitrogens is 1. The Morgan fingerprint density at radius 1 is 1.40 bits per heavy atom. The summed E-state index contributed by atoms with van der Waals surface area (Å²) in [6.45, 7) is 2.09. The minimum absolute atomic E-state index is 0.251. The van der Waals surface area contributed by atoms with Crippen molar-refractivity contribution >= 4 is 22.5 Å². The van der Waals surface area contributed by atoms with Crippen LogP contribution in [-0.2, 0) is 6.54 Å². The van der Waals surface area contributed by atoms with Crippen molar-refractivity contribution in [2.45, 2.75) is 13.5 Å². The average molecular weight is 225 g/mol. The van der Waals surface area contributed by atoms with Gasteiger partial charge in [0.05, 0.1) is 10.5 Å². The van der Waals surface area contributed by atoms with Crippen LogP contribution < -0.4 is 5.73 Å². The summed E-state index contributed by atoms with van der Waals surface area (Å²) in [5.41, 5.74) is 7.70. The molecule has 1 heterocycles. The lowest BCUT2D eigenvalue weighted by Gasteiger charge is -2.06. The zero-order chi connectivity index (χ0) is 11.0. The van der Waals surface area contributed by atoms with E-state index in [0.717, 1.165) is 5.69 Å². The summed E-state index contributed by atoms with van der Waals surface area (Å²) in [5.74, 6) is -0.337. The molecule has 0 saturated heterocycles. The molecule has 0 bridgehead atoms. The van der Waals surface area contributed by atoms with Crippen molar-refractivity contribution in [1.29, 1.82) is 0 Å². The topological polar surface area (TPSA) is 38.9 Å². The third-order valence-corrected chi connectivity index (χ3v) is 2.57. The van der Waals surface area contributed by atoms with Crippen LogP contribution in [-0.4, -0.2) is 4.98 Å². The molecule has 0 aliphatic rings. The zero-order valence-corrected chi connectivity index (χ0v) is 8.98. The molecular weight excluding hydrogens is 215 g/mol. The molecule has 1 aromatic carbocycles. The Hall–Kier alpha value is -1.19. The summed E-state index contributed by atoms with van der Waals surface area (Å²) in [6, 6.07) is 4.48. The van der Waals surface area contributed by atoms with Crippen molar-refractivity contribution in [2.75, 3.05) is 0 Å². The third-order valence-electron chi connectivity index (χ3n) is 2.25. The fourth-order valence-electron chi connectivity index (χ4n) is 1.60. The summed E-state index contributed by atoms with van der Waals surface area (Å²) in [5, 5.41) is 1.12. The lowest BCUT2D eigenvalue weighted by molar-refractivity contribution is 0.627. The van der Waals surface area contributed by atoms with Crippen molar-refractivity contribution in [1.82, 2.24) is 4.98 Å². The number of fused-ring (bicyclic) bond motifs is 1. The van der Waals surface area contributed by atoms with Gasteiger partial charge >= 0.3 is 0 Å². The molecule has 0 radical (unpaired) electrons. The molecule has 0 atom stereocenters. The zero-order valence-electron chi connectivity index (χ0n) is 8.22. The number of rotatable bonds is 1. The van der Waals surface area contributed by atoms with E-state index in [1.54, 1.807) is 6.07 Å². The van der Waals surface area contributed by atoms with Crippen LogP contribution in [0.4, 0.5) is 4.39 Å². The van der Waals surface area contributed by atoms with Crippen LogP contribution in [0.15, 0.2) is 18.2 Å². The molecule has 0 aliphatic carbocycles. The Bertz CT molecular complexity index is 525. The lowest BCUT2D eigenvalue weighted by atomic mass is 10.1. The summed E-state index contributed by atoms with van der Waals surface area (Å²) >= 11 is 6.02. The van der Waals surface area contributed by atoms with E-state index >= 15 is 0 Å². The highest BCUT2D eigenvalue weighted by molar-refractivity contribution is 6.35. The van der Waals surface area contributed by atoms with Gasteiger partial charge in [0.1, 0.15) is 5.82 Å². The van der Waals surface area contributed by atoms with Crippen LogP contribution in [0.5, 0.6) is 0 Å². The highest BCUT2D eigenvalue weighted by atomic mass is 35.5. The number of nitrogens with zero attached hydrogens (tertiary/aromatic N) is 1. The van der Waals surface area contributed by atoms with Gasteiger partial charge in [0.15, 0.2) is 0 Å². The molecule has 2 rings (SSSR count). The molecular formula is C11H10ClFN2. The first-order chi connectivity index (χ1) is 7.11. The van der Waals surface area contributed by atoms with Crippen molar-refractivity contribution in [2.24, 2.45) is 5.73 Å². The van der Waals surface area contributed by atoms with Crippen LogP contribution >= 0.6 is 11.6 Å². The van der Waals surface area contributed by atoms with Crippen LogP contribution in [0.3, 0.4) is 0 Å². The Morgan fingerprint density at radius 2 is 2.13 bits per heavy atom. The molecule has 0 unspecified atom stereocenters. The molecule has 1 aromatic heterocycles. The monoisotopic (exact) mass is 224 g/mol. The number of pyridine rings is 1. The van der Waals surface area contributed by atoms with E-state index < -0.39 is 0 Å². The number of halogens is 2. The summed E-state index contributed by atoms with van der Waals surface area (Å²) < 4.78 is 13.2. The largest absolute Gasteiger partial charge is 0.326 e. The van der Waals surface area contributed by atoms with Gasteiger partial charge in [-0.1, -0.05) is 11.6 Å². The molecule has 15 heavy (non-hydrogen) atoms. The van der Waals surface area contributed by atoms with E-state index in [2.05, 4.69) is 4.98 Å². The predicted molar refractivity (Wildman–Crippen MR) is 59.3 cm³/mol. The summed E-state index contributed by atoms with van der Waals surface area (Å²) in [7, 11) is 0. The fourth-order valence-corrected chi connectivity index (χ4v) is 1.90. The van der Waals surface area contributed by atoms with Gasteiger partial charge in [-0.05, 0) is 30.7 Å².